The van der Waals surface area contributed by atoms with Crippen molar-refractivity contribution in [3.8, 4) is 23.7 Å². The molecule has 126 valence electrons. The highest BCUT2D eigenvalue weighted by Crippen LogP contribution is 2.26. The molecule has 3 aromatic rings. The van der Waals surface area contributed by atoms with Gasteiger partial charge in [-0.15, -0.1) is 6.42 Å². The second kappa shape index (κ2) is 6.30. The Morgan fingerprint density at radius 1 is 1.25 bits per heavy atom. The molecular weight excluding hydrogens is 300 g/mol. The van der Waals surface area contributed by atoms with Crippen molar-refractivity contribution < 1.29 is 4.28 Å². The number of aromatic nitrogens is 4. The predicted octanol–water partition coefficient (Wildman–Crippen LogP) is 2.54. The van der Waals surface area contributed by atoms with Crippen LogP contribution < -0.4 is 10.2 Å². The number of terminal acetylenes is 1. The van der Waals surface area contributed by atoms with Gasteiger partial charge in [0, 0.05) is 41.1 Å². The third-order valence-corrected chi connectivity index (χ3v) is 4.23. The molecule has 1 saturated heterocycles. The first-order valence-corrected chi connectivity index (χ1v) is 8.09. The summed E-state index contributed by atoms with van der Waals surface area (Å²) in [6, 6.07) is 7.99. The highest BCUT2D eigenvalue weighted by molar-refractivity contribution is 5.90. The van der Waals surface area contributed by atoms with Gasteiger partial charge >= 0.3 is 0 Å². The van der Waals surface area contributed by atoms with Gasteiger partial charge in [-0.3, -0.25) is 5.10 Å². The van der Waals surface area contributed by atoms with Crippen LogP contribution in [-0.4, -0.2) is 46.3 Å². The molecule has 0 radical (unpaired) electrons. The molecule has 0 amide bonds. The van der Waals surface area contributed by atoms with Crippen molar-refractivity contribution in [3.63, 3.8) is 0 Å². The molecule has 1 fully saturated rings. The molecule has 4 heterocycles. The van der Waals surface area contributed by atoms with Gasteiger partial charge < -0.3 is 10.2 Å². The Labute approximate surface area is 144 Å². The van der Waals surface area contributed by atoms with Crippen LogP contribution in [0.1, 0.15) is 16.3 Å². The molecule has 0 atom stereocenters. The molecule has 0 saturated carbocycles. The normalized spacial score (nSPS) is 15.2. The van der Waals surface area contributed by atoms with Crippen LogP contribution in [-0.2, 0) is 0 Å². The number of rotatable bonds is 2. The fourth-order valence-electron chi connectivity index (χ4n) is 2.99. The van der Waals surface area contributed by atoms with Gasteiger partial charge in [0.1, 0.15) is 5.82 Å². The molecule has 2 N–H and O–H groups in total. The van der Waals surface area contributed by atoms with E-state index in [-0.39, 0.29) is 4.28 Å². The van der Waals surface area contributed by atoms with Crippen LogP contribution in [0.3, 0.4) is 0 Å². The lowest BCUT2D eigenvalue weighted by atomic mass is 10.1. The molecule has 0 spiro atoms. The summed E-state index contributed by atoms with van der Waals surface area (Å²) in [5.41, 5.74) is 3.09. The number of fused-ring (bicyclic) bond motifs is 1. The van der Waals surface area contributed by atoms with Crippen LogP contribution in [0.4, 0.5) is 5.82 Å². The highest BCUT2D eigenvalue weighted by atomic mass is 15.2. The lowest BCUT2D eigenvalue weighted by molar-refractivity contribution is 0.724. The van der Waals surface area contributed by atoms with Crippen molar-refractivity contribution in [2.75, 3.05) is 31.1 Å². The van der Waals surface area contributed by atoms with Gasteiger partial charge in [0.05, 0.1) is 11.4 Å². The summed E-state index contributed by atoms with van der Waals surface area (Å²) < 4.78 is 0. The minimum atomic E-state index is 0. The Hall–Kier alpha value is -2.91. The summed E-state index contributed by atoms with van der Waals surface area (Å²) >= 11 is 0. The average molecular weight is 324 g/mol. The Bertz CT molecular complexity index is 913. The summed E-state index contributed by atoms with van der Waals surface area (Å²) in [6.45, 7) is 4.01. The molecule has 4 rings (SSSR count). The first-order valence-electron chi connectivity index (χ1n) is 8.09. The SMILES string of the molecule is C#Cc1cnc2n[nH]c(-c3cccc(N4CCCNCC4)n3)c2c1.[HH].[HH].[HH]. The molecule has 6 nitrogen and oxygen atoms in total. The van der Waals surface area contributed by atoms with E-state index in [1.807, 2.05) is 18.2 Å². The second-order valence-corrected chi connectivity index (χ2v) is 5.81. The zero-order valence-electron chi connectivity index (χ0n) is 13.3. The first kappa shape index (κ1) is 14.7. The highest BCUT2D eigenvalue weighted by Gasteiger charge is 2.14. The minimum Gasteiger partial charge on any atom is -0.355 e. The summed E-state index contributed by atoms with van der Waals surface area (Å²) in [6.07, 6.45) is 8.26. The molecule has 0 aromatic carbocycles. The van der Waals surface area contributed by atoms with Gasteiger partial charge in [-0.05, 0) is 31.2 Å². The average Bonchev–Trinajstić information content (AvgIpc) is 2.86. The van der Waals surface area contributed by atoms with Crippen molar-refractivity contribution in [1.82, 2.24) is 25.5 Å². The van der Waals surface area contributed by atoms with E-state index in [1.54, 1.807) is 6.20 Å². The number of nitrogens with zero attached hydrogens (tertiary/aromatic N) is 4. The largest absolute Gasteiger partial charge is 0.355 e. The van der Waals surface area contributed by atoms with Gasteiger partial charge in [0.15, 0.2) is 5.65 Å². The van der Waals surface area contributed by atoms with E-state index in [0.717, 1.165) is 60.8 Å². The topological polar surface area (TPSA) is 69.7 Å². The number of pyridine rings is 2. The van der Waals surface area contributed by atoms with Crippen LogP contribution in [0.5, 0.6) is 0 Å². The van der Waals surface area contributed by atoms with E-state index in [1.165, 1.54) is 0 Å². The summed E-state index contributed by atoms with van der Waals surface area (Å²) in [7, 11) is 0. The summed E-state index contributed by atoms with van der Waals surface area (Å²) in [5.74, 6) is 3.60. The molecule has 0 bridgehead atoms. The summed E-state index contributed by atoms with van der Waals surface area (Å²) in [4.78, 5) is 11.4. The third kappa shape index (κ3) is 2.70. The van der Waals surface area contributed by atoms with Gasteiger partial charge in [-0.25, -0.2) is 9.97 Å². The fourth-order valence-corrected chi connectivity index (χ4v) is 2.99. The Kier molecular flexibility index (Phi) is 3.85. The molecule has 3 aromatic heterocycles. The standard InChI is InChI=1S/C18H18N6.3H2/c1-2-13-11-14-17(22-23-18(14)20-12-13)15-5-3-6-16(21-15)24-9-4-7-19-8-10-24;;;/h1,3,5-6,11-12,19H,4,7-10H2,(H,20,22,23);3*1H. The maximum atomic E-state index is 5.49. The van der Waals surface area contributed by atoms with E-state index < -0.39 is 0 Å². The molecule has 1 aliphatic rings. The maximum absolute atomic E-state index is 5.49. The van der Waals surface area contributed by atoms with E-state index in [0.29, 0.717) is 5.65 Å². The van der Waals surface area contributed by atoms with Crippen LogP contribution in [0, 0.1) is 12.3 Å². The number of nitrogens with one attached hydrogen (secondary N) is 2. The zero-order valence-corrected chi connectivity index (χ0v) is 13.3. The fraction of sp³-hybridized carbons (Fsp3) is 0.278. The minimum absolute atomic E-state index is 0. The Morgan fingerprint density at radius 3 is 3.12 bits per heavy atom. The van der Waals surface area contributed by atoms with E-state index in [9.17, 15) is 0 Å². The van der Waals surface area contributed by atoms with E-state index in [4.69, 9.17) is 11.4 Å². The van der Waals surface area contributed by atoms with Crippen LogP contribution in [0.2, 0.25) is 0 Å². The van der Waals surface area contributed by atoms with Crippen LogP contribution in [0.15, 0.2) is 30.5 Å². The van der Waals surface area contributed by atoms with Crippen LogP contribution >= 0.6 is 0 Å². The second-order valence-electron chi connectivity index (χ2n) is 5.81. The quantitative estimate of drug-likeness (QED) is 0.709. The van der Waals surface area contributed by atoms with Crippen molar-refractivity contribution in [1.29, 1.82) is 0 Å². The lowest BCUT2D eigenvalue weighted by Gasteiger charge is -2.21. The Balaban J connectivity index is 0.00000121. The van der Waals surface area contributed by atoms with Gasteiger partial charge in [-0.1, -0.05) is 12.0 Å². The smallest absolute Gasteiger partial charge is 0.181 e. The first-order chi connectivity index (χ1) is 11.8. The van der Waals surface area contributed by atoms with E-state index >= 15 is 0 Å². The molecule has 1 aliphatic heterocycles. The van der Waals surface area contributed by atoms with Gasteiger partial charge in [0.25, 0.3) is 0 Å². The number of hydrogen-bond donors (Lipinski definition) is 2. The van der Waals surface area contributed by atoms with Gasteiger partial charge in [0.2, 0.25) is 0 Å². The molecule has 0 aliphatic carbocycles. The van der Waals surface area contributed by atoms with Crippen molar-refractivity contribution in [2.45, 2.75) is 6.42 Å². The summed E-state index contributed by atoms with van der Waals surface area (Å²) in [5, 5.41) is 11.6. The maximum Gasteiger partial charge on any atom is 0.181 e. The number of aromatic amines is 1. The van der Waals surface area contributed by atoms with Gasteiger partial charge in [-0.2, -0.15) is 5.10 Å². The Morgan fingerprint density at radius 2 is 2.21 bits per heavy atom. The monoisotopic (exact) mass is 324 g/mol. The third-order valence-electron chi connectivity index (χ3n) is 4.23. The van der Waals surface area contributed by atoms with Crippen molar-refractivity contribution in [3.05, 3.63) is 36.0 Å². The van der Waals surface area contributed by atoms with Crippen molar-refractivity contribution in [2.24, 2.45) is 0 Å². The molecular formula is C18H24N6. The molecule has 24 heavy (non-hydrogen) atoms. The lowest BCUT2D eigenvalue weighted by Crippen LogP contribution is -2.28. The number of anilines is 1. The number of hydrogen-bond acceptors (Lipinski definition) is 5. The predicted molar refractivity (Wildman–Crippen MR) is 101 cm³/mol. The van der Waals surface area contributed by atoms with E-state index in [2.05, 4.69) is 37.4 Å². The van der Waals surface area contributed by atoms with Crippen LogP contribution in [0.25, 0.3) is 22.4 Å². The molecule has 0 unspecified atom stereocenters. The van der Waals surface area contributed by atoms with Crippen molar-refractivity contribution >= 4 is 16.9 Å². The zero-order chi connectivity index (χ0) is 16.4. The molecule has 6 heteroatoms. The number of H-pyrrole nitrogens is 1.